The van der Waals surface area contributed by atoms with Gasteiger partial charge in [-0.1, -0.05) is 42.5 Å². The molecule has 1 saturated heterocycles. The zero-order valence-corrected chi connectivity index (χ0v) is 18.0. The highest BCUT2D eigenvalue weighted by molar-refractivity contribution is 6.04. The van der Waals surface area contributed by atoms with Gasteiger partial charge in [0.15, 0.2) is 7.98 Å². The van der Waals surface area contributed by atoms with E-state index < -0.39 is 0 Å². The van der Waals surface area contributed by atoms with Crippen molar-refractivity contribution in [2.45, 2.75) is 44.7 Å². The summed E-state index contributed by atoms with van der Waals surface area (Å²) in [6.45, 7) is 16.1. The van der Waals surface area contributed by atoms with Gasteiger partial charge in [0.25, 0.3) is 0 Å². The molecule has 2 radical (unpaired) electrons. The molecular formula is C24H36BN3. The molecule has 1 aromatic rings. The van der Waals surface area contributed by atoms with Gasteiger partial charge in [-0.25, -0.2) is 0 Å². The van der Waals surface area contributed by atoms with E-state index in [1.165, 1.54) is 16.7 Å². The number of hydrogen-bond donors (Lipinski definition) is 1. The Morgan fingerprint density at radius 3 is 2.68 bits per heavy atom. The van der Waals surface area contributed by atoms with E-state index in [1.807, 2.05) is 25.0 Å². The summed E-state index contributed by atoms with van der Waals surface area (Å²) in [5.41, 5.74) is 5.04. The summed E-state index contributed by atoms with van der Waals surface area (Å²) in [6, 6.07) is 7.48. The highest BCUT2D eigenvalue weighted by Gasteiger charge is 2.28. The van der Waals surface area contributed by atoms with Gasteiger partial charge in [-0.2, -0.15) is 0 Å². The first-order valence-corrected chi connectivity index (χ1v) is 10.3. The van der Waals surface area contributed by atoms with Gasteiger partial charge in [-0.15, -0.1) is 13.2 Å². The van der Waals surface area contributed by atoms with Crippen LogP contribution in [0.2, 0.25) is 0 Å². The third-order valence-corrected chi connectivity index (χ3v) is 5.51. The minimum absolute atomic E-state index is 0.182. The molecule has 150 valence electrons. The fraction of sp³-hybridized carbons (Fsp3) is 0.500. The van der Waals surface area contributed by atoms with Crippen LogP contribution in [-0.4, -0.2) is 57.0 Å². The molecular weight excluding hydrogens is 341 g/mol. The van der Waals surface area contributed by atoms with E-state index in [1.54, 1.807) is 0 Å². The molecule has 1 aliphatic rings. The summed E-state index contributed by atoms with van der Waals surface area (Å²) < 4.78 is 0. The molecule has 2 rings (SSSR count). The molecule has 1 fully saturated rings. The number of nitrogens with zero attached hydrogens (tertiary/aromatic N) is 2. The number of rotatable bonds is 11. The molecule has 0 aliphatic carbocycles. The Morgan fingerprint density at radius 2 is 2.04 bits per heavy atom. The molecule has 0 bridgehead atoms. The average molecular weight is 377 g/mol. The minimum Gasteiger partial charge on any atom is -0.381 e. The maximum absolute atomic E-state index is 6.19. The monoisotopic (exact) mass is 377 g/mol. The SMILES string of the molecule is [B]N1CCC(C=C)[C@H]1CCc1cc(C)cc(CC(C=C)NC(=C)CN(C)C)c1. The summed E-state index contributed by atoms with van der Waals surface area (Å²) in [4.78, 5) is 4.11. The molecule has 0 spiro atoms. The Balaban J connectivity index is 2.00. The smallest absolute Gasteiger partial charge is 0.182 e. The average Bonchev–Trinajstić information content (AvgIpc) is 2.98. The standard InChI is InChI=1S/C24H36BN3/c1-7-22-11-12-28(25)24(22)10-9-20-13-18(3)14-21(15-20)16-23(8-2)26-19(4)17-27(5)6/h7-8,13-15,22-24,26H,1-2,4,9-12,16-17H2,3,5-6H3/t22?,23?,24-/m1/s1. The lowest BCUT2D eigenvalue weighted by atomic mass is 9.92. The molecule has 1 N–H and O–H groups in total. The number of aryl methyl sites for hydroxylation is 2. The highest BCUT2D eigenvalue weighted by Crippen LogP contribution is 2.27. The molecule has 2 unspecified atom stereocenters. The van der Waals surface area contributed by atoms with Crippen LogP contribution in [0.15, 0.2) is 55.8 Å². The molecule has 28 heavy (non-hydrogen) atoms. The first-order chi connectivity index (χ1) is 13.3. The quantitative estimate of drug-likeness (QED) is 0.469. The third kappa shape index (κ3) is 6.68. The Labute approximate surface area is 173 Å². The maximum atomic E-state index is 6.19. The van der Waals surface area contributed by atoms with Gasteiger partial charge in [-0.05, 0) is 70.3 Å². The molecule has 3 nitrogen and oxygen atoms in total. The number of benzene rings is 1. The summed E-state index contributed by atoms with van der Waals surface area (Å²) in [6.07, 6.45) is 8.18. The molecule has 1 aromatic carbocycles. The zero-order chi connectivity index (χ0) is 20.7. The Bertz CT molecular complexity index is 682. The van der Waals surface area contributed by atoms with Crippen molar-refractivity contribution in [3.05, 3.63) is 72.5 Å². The third-order valence-electron chi connectivity index (χ3n) is 5.51. The van der Waals surface area contributed by atoms with Crippen molar-refractivity contribution in [2.24, 2.45) is 5.92 Å². The van der Waals surface area contributed by atoms with Gasteiger partial charge in [-0.3, -0.25) is 0 Å². The van der Waals surface area contributed by atoms with Crippen molar-refractivity contribution in [2.75, 3.05) is 27.2 Å². The van der Waals surface area contributed by atoms with E-state index in [9.17, 15) is 0 Å². The van der Waals surface area contributed by atoms with E-state index in [2.05, 4.69) is 61.2 Å². The van der Waals surface area contributed by atoms with Gasteiger partial charge < -0.3 is 15.0 Å². The minimum atomic E-state index is 0.182. The van der Waals surface area contributed by atoms with Gasteiger partial charge in [0.05, 0.1) is 0 Å². The Kier molecular flexibility index (Phi) is 8.59. The van der Waals surface area contributed by atoms with Gasteiger partial charge in [0.2, 0.25) is 0 Å². The molecule has 1 aliphatic heterocycles. The van der Waals surface area contributed by atoms with Gasteiger partial charge in [0, 0.05) is 24.3 Å². The lowest BCUT2D eigenvalue weighted by molar-refractivity contribution is 0.363. The van der Waals surface area contributed by atoms with E-state index in [4.69, 9.17) is 7.98 Å². The van der Waals surface area contributed by atoms with Crippen molar-refractivity contribution >= 4 is 7.98 Å². The van der Waals surface area contributed by atoms with Gasteiger partial charge >= 0.3 is 0 Å². The van der Waals surface area contributed by atoms with Crippen molar-refractivity contribution in [1.82, 2.24) is 15.0 Å². The topological polar surface area (TPSA) is 18.5 Å². The summed E-state index contributed by atoms with van der Waals surface area (Å²) in [7, 11) is 10.3. The molecule has 4 heteroatoms. The normalized spacial score (nSPS) is 20.9. The predicted molar refractivity (Wildman–Crippen MR) is 123 cm³/mol. The first-order valence-electron chi connectivity index (χ1n) is 10.3. The lowest BCUT2D eigenvalue weighted by Crippen LogP contribution is -2.32. The van der Waals surface area contributed by atoms with Crippen LogP contribution in [0.1, 0.15) is 29.5 Å². The van der Waals surface area contributed by atoms with Crippen LogP contribution in [0.25, 0.3) is 0 Å². The molecule has 3 atom stereocenters. The largest absolute Gasteiger partial charge is 0.381 e. The van der Waals surface area contributed by atoms with E-state index in [0.717, 1.165) is 44.5 Å². The molecule has 0 saturated carbocycles. The second kappa shape index (κ2) is 10.7. The summed E-state index contributed by atoms with van der Waals surface area (Å²) in [5, 5.41) is 3.49. The van der Waals surface area contributed by atoms with Crippen molar-refractivity contribution in [3.8, 4) is 0 Å². The second-order valence-corrected chi connectivity index (χ2v) is 8.39. The van der Waals surface area contributed by atoms with Crippen LogP contribution in [0.5, 0.6) is 0 Å². The fourth-order valence-corrected chi connectivity index (χ4v) is 4.22. The number of nitrogens with one attached hydrogen (secondary N) is 1. The van der Waals surface area contributed by atoms with Crippen LogP contribution in [-0.2, 0) is 12.8 Å². The van der Waals surface area contributed by atoms with Crippen LogP contribution in [0.3, 0.4) is 0 Å². The summed E-state index contributed by atoms with van der Waals surface area (Å²) >= 11 is 0. The zero-order valence-electron chi connectivity index (χ0n) is 18.0. The number of hydrogen-bond acceptors (Lipinski definition) is 3. The molecule has 1 heterocycles. The van der Waals surface area contributed by atoms with Crippen LogP contribution >= 0.6 is 0 Å². The second-order valence-electron chi connectivity index (χ2n) is 8.39. The van der Waals surface area contributed by atoms with Crippen molar-refractivity contribution in [1.29, 1.82) is 0 Å². The Hall–Kier alpha value is -1.78. The summed E-state index contributed by atoms with van der Waals surface area (Å²) in [5.74, 6) is 0.506. The van der Waals surface area contributed by atoms with Crippen LogP contribution in [0, 0.1) is 12.8 Å². The van der Waals surface area contributed by atoms with E-state index >= 15 is 0 Å². The van der Waals surface area contributed by atoms with Crippen molar-refractivity contribution < 1.29 is 0 Å². The predicted octanol–water partition coefficient (Wildman–Crippen LogP) is 3.65. The lowest BCUT2D eigenvalue weighted by Gasteiger charge is -2.24. The highest BCUT2D eigenvalue weighted by atomic mass is 15.1. The first kappa shape index (κ1) is 22.5. The molecule has 0 amide bonds. The van der Waals surface area contributed by atoms with Crippen LogP contribution in [0.4, 0.5) is 0 Å². The van der Waals surface area contributed by atoms with Crippen LogP contribution < -0.4 is 5.32 Å². The van der Waals surface area contributed by atoms with E-state index in [0.29, 0.717) is 12.0 Å². The fourth-order valence-electron chi connectivity index (χ4n) is 4.22. The van der Waals surface area contributed by atoms with Crippen molar-refractivity contribution in [3.63, 3.8) is 0 Å². The van der Waals surface area contributed by atoms with E-state index in [-0.39, 0.29) is 6.04 Å². The van der Waals surface area contributed by atoms with Gasteiger partial charge in [0.1, 0.15) is 0 Å². The maximum Gasteiger partial charge on any atom is 0.182 e. The number of likely N-dealkylation sites (N-methyl/N-ethyl adjacent to an activating group) is 1. The molecule has 0 aromatic heterocycles. The Morgan fingerprint density at radius 1 is 1.32 bits per heavy atom.